The van der Waals surface area contributed by atoms with Crippen molar-refractivity contribution in [2.45, 2.75) is 39.8 Å². The second-order valence-electron chi connectivity index (χ2n) is 4.84. The average Bonchev–Trinajstić information content (AvgIpc) is 2.22. The van der Waals surface area contributed by atoms with Gasteiger partial charge in [-0.3, -0.25) is 0 Å². The Bertz CT molecular complexity index is 330. The van der Waals surface area contributed by atoms with Crippen LogP contribution < -0.4 is 10.1 Å². The highest BCUT2D eigenvalue weighted by Crippen LogP contribution is 2.16. The fourth-order valence-corrected chi connectivity index (χ4v) is 1.84. The molecule has 0 fully saturated rings. The molecule has 1 aromatic carbocycles. The van der Waals surface area contributed by atoms with Gasteiger partial charge in [-0.15, -0.1) is 0 Å². The molecule has 17 heavy (non-hydrogen) atoms. The van der Waals surface area contributed by atoms with Crippen molar-refractivity contribution >= 4 is 0 Å². The molecule has 0 saturated heterocycles. The molecule has 96 valence electrons. The van der Waals surface area contributed by atoms with E-state index in [2.05, 4.69) is 39.1 Å². The van der Waals surface area contributed by atoms with Gasteiger partial charge >= 0.3 is 0 Å². The number of hydrogen-bond donors (Lipinski definition) is 2. The van der Waals surface area contributed by atoms with Gasteiger partial charge in [0.1, 0.15) is 12.4 Å². The largest absolute Gasteiger partial charge is 0.492 e. The van der Waals surface area contributed by atoms with Gasteiger partial charge in [0.05, 0.1) is 12.6 Å². The summed E-state index contributed by atoms with van der Waals surface area (Å²) < 4.78 is 5.70. The summed E-state index contributed by atoms with van der Waals surface area (Å²) in [6.07, 6.45) is 0. The third-order valence-electron chi connectivity index (χ3n) is 2.44. The van der Waals surface area contributed by atoms with Crippen molar-refractivity contribution in [3.8, 4) is 5.75 Å². The third-order valence-corrected chi connectivity index (χ3v) is 2.44. The van der Waals surface area contributed by atoms with Crippen LogP contribution in [0.25, 0.3) is 0 Å². The first-order valence-electron chi connectivity index (χ1n) is 6.09. The molecule has 0 aliphatic rings. The van der Waals surface area contributed by atoms with Gasteiger partial charge in [-0.1, -0.05) is 19.9 Å². The third kappa shape index (κ3) is 5.20. The van der Waals surface area contributed by atoms with Crippen LogP contribution in [0.3, 0.4) is 0 Å². The topological polar surface area (TPSA) is 41.5 Å². The maximum absolute atomic E-state index is 9.22. The van der Waals surface area contributed by atoms with E-state index < -0.39 is 0 Å². The minimum Gasteiger partial charge on any atom is -0.492 e. The summed E-state index contributed by atoms with van der Waals surface area (Å²) in [4.78, 5) is 0. The normalized spacial score (nSPS) is 12.8. The van der Waals surface area contributed by atoms with Gasteiger partial charge in [0, 0.05) is 6.04 Å². The van der Waals surface area contributed by atoms with E-state index in [1.807, 2.05) is 12.1 Å². The van der Waals surface area contributed by atoms with Gasteiger partial charge in [0.2, 0.25) is 0 Å². The molecule has 0 saturated carbocycles. The molecule has 1 unspecified atom stereocenters. The summed E-state index contributed by atoms with van der Waals surface area (Å²) in [7, 11) is 0. The Kier molecular flexibility index (Phi) is 5.45. The van der Waals surface area contributed by atoms with Crippen LogP contribution in [-0.4, -0.2) is 30.4 Å². The van der Waals surface area contributed by atoms with Crippen molar-refractivity contribution in [2.75, 3.05) is 13.2 Å². The molecule has 0 radical (unpaired) electrons. The predicted molar refractivity (Wildman–Crippen MR) is 70.6 cm³/mol. The molecule has 0 aliphatic heterocycles. The summed E-state index contributed by atoms with van der Waals surface area (Å²) in [6.45, 7) is 8.78. The zero-order valence-corrected chi connectivity index (χ0v) is 11.2. The van der Waals surface area contributed by atoms with Crippen molar-refractivity contribution in [1.82, 2.24) is 5.32 Å². The smallest absolute Gasteiger partial charge is 0.119 e. The van der Waals surface area contributed by atoms with E-state index in [1.165, 1.54) is 11.1 Å². The fourth-order valence-electron chi connectivity index (χ4n) is 1.84. The average molecular weight is 237 g/mol. The van der Waals surface area contributed by atoms with E-state index in [9.17, 15) is 5.11 Å². The fraction of sp³-hybridized carbons (Fsp3) is 0.571. The molecule has 0 spiro atoms. The van der Waals surface area contributed by atoms with Crippen molar-refractivity contribution in [3.63, 3.8) is 0 Å². The zero-order chi connectivity index (χ0) is 12.8. The first kappa shape index (κ1) is 14.0. The second kappa shape index (κ2) is 6.62. The van der Waals surface area contributed by atoms with Gasteiger partial charge < -0.3 is 15.2 Å². The van der Waals surface area contributed by atoms with E-state index in [4.69, 9.17) is 4.74 Å². The molecule has 0 heterocycles. The maximum atomic E-state index is 9.22. The first-order chi connectivity index (χ1) is 8.01. The Hall–Kier alpha value is -1.06. The van der Waals surface area contributed by atoms with Crippen LogP contribution in [0.4, 0.5) is 0 Å². The van der Waals surface area contributed by atoms with Crippen LogP contribution >= 0.6 is 0 Å². The van der Waals surface area contributed by atoms with Crippen LogP contribution in [0.15, 0.2) is 18.2 Å². The Balaban J connectivity index is 2.53. The highest BCUT2D eigenvalue weighted by Gasteiger charge is 2.09. The molecule has 0 amide bonds. The van der Waals surface area contributed by atoms with Gasteiger partial charge in [0.15, 0.2) is 0 Å². The summed E-state index contributed by atoms with van der Waals surface area (Å²) in [5.74, 6) is 0.867. The minimum absolute atomic E-state index is 0.0178. The number of aliphatic hydroxyl groups excluding tert-OH is 1. The van der Waals surface area contributed by atoms with E-state index >= 15 is 0 Å². The van der Waals surface area contributed by atoms with Crippen molar-refractivity contribution in [1.29, 1.82) is 0 Å². The van der Waals surface area contributed by atoms with Gasteiger partial charge in [0.25, 0.3) is 0 Å². The van der Waals surface area contributed by atoms with Crippen molar-refractivity contribution in [3.05, 3.63) is 29.3 Å². The number of aryl methyl sites for hydroxylation is 2. The second-order valence-corrected chi connectivity index (χ2v) is 4.84. The molecular weight excluding hydrogens is 214 g/mol. The summed E-state index contributed by atoms with van der Waals surface area (Å²) in [6, 6.07) is 6.46. The van der Waals surface area contributed by atoms with E-state index in [-0.39, 0.29) is 12.6 Å². The number of benzene rings is 1. The monoisotopic (exact) mass is 237 g/mol. The molecular formula is C14H23NO2. The Labute approximate surface area is 104 Å². The highest BCUT2D eigenvalue weighted by atomic mass is 16.5. The number of rotatable bonds is 6. The predicted octanol–water partition coefficient (Wildman–Crippen LogP) is 2.04. The van der Waals surface area contributed by atoms with Gasteiger partial charge in [-0.25, -0.2) is 0 Å². The number of aliphatic hydroxyl groups is 1. The number of ether oxygens (including phenoxy) is 1. The number of hydrogen-bond acceptors (Lipinski definition) is 3. The van der Waals surface area contributed by atoms with Crippen molar-refractivity contribution < 1.29 is 9.84 Å². The lowest BCUT2D eigenvalue weighted by Crippen LogP contribution is -2.41. The van der Waals surface area contributed by atoms with E-state index in [0.717, 1.165) is 5.75 Å². The number of nitrogens with one attached hydrogen (secondary N) is 1. The molecule has 0 aliphatic carbocycles. The molecule has 0 aromatic heterocycles. The molecule has 1 rings (SSSR count). The summed E-state index contributed by atoms with van der Waals surface area (Å²) >= 11 is 0. The quantitative estimate of drug-likeness (QED) is 0.795. The SMILES string of the molecule is Cc1cc(C)cc(OCC(CO)NC(C)C)c1. The zero-order valence-electron chi connectivity index (χ0n) is 11.2. The molecule has 1 aromatic rings. The lowest BCUT2D eigenvalue weighted by atomic mass is 10.1. The van der Waals surface area contributed by atoms with Gasteiger partial charge in [-0.2, -0.15) is 0 Å². The molecule has 3 heteroatoms. The Morgan fingerprint density at radius 2 is 1.76 bits per heavy atom. The highest BCUT2D eigenvalue weighted by molar-refractivity contribution is 5.32. The standard InChI is InChI=1S/C14H23NO2/c1-10(2)15-13(8-16)9-17-14-6-11(3)5-12(4)7-14/h5-7,10,13,15-16H,8-9H2,1-4H3. The maximum Gasteiger partial charge on any atom is 0.119 e. The Morgan fingerprint density at radius 3 is 2.24 bits per heavy atom. The van der Waals surface area contributed by atoms with Crippen LogP contribution in [0.1, 0.15) is 25.0 Å². The summed E-state index contributed by atoms with van der Waals surface area (Å²) in [5, 5.41) is 12.5. The van der Waals surface area contributed by atoms with Crippen LogP contribution in [0, 0.1) is 13.8 Å². The lowest BCUT2D eigenvalue weighted by molar-refractivity contribution is 0.177. The molecule has 3 nitrogen and oxygen atoms in total. The van der Waals surface area contributed by atoms with Crippen LogP contribution in [0.2, 0.25) is 0 Å². The van der Waals surface area contributed by atoms with Crippen LogP contribution in [0.5, 0.6) is 5.75 Å². The molecule has 1 atom stereocenters. The molecule has 2 N–H and O–H groups in total. The first-order valence-corrected chi connectivity index (χ1v) is 6.09. The van der Waals surface area contributed by atoms with E-state index in [0.29, 0.717) is 12.6 Å². The Morgan fingerprint density at radius 1 is 1.18 bits per heavy atom. The van der Waals surface area contributed by atoms with Crippen molar-refractivity contribution in [2.24, 2.45) is 0 Å². The van der Waals surface area contributed by atoms with E-state index in [1.54, 1.807) is 0 Å². The minimum atomic E-state index is -0.0178. The van der Waals surface area contributed by atoms with Gasteiger partial charge in [-0.05, 0) is 37.1 Å². The molecule has 0 bridgehead atoms. The lowest BCUT2D eigenvalue weighted by Gasteiger charge is -2.19. The summed E-state index contributed by atoms with van der Waals surface area (Å²) in [5.41, 5.74) is 2.38. The van der Waals surface area contributed by atoms with Crippen LogP contribution in [-0.2, 0) is 0 Å².